The van der Waals surface area contributed by atoms with E-state index in [9.17, 15) is 4.79 Å². The monoisotopic (exact) mass is 444 g/mol. The van der Waals surface area contributed by atoms with Crippen LogP contribution in [0.4, 0.5) is 5.82 Å². The zero-order chi connectivity index (χ0) is 22.6. The molecule has 3 aromatic rings. The fourth-order valence-corrected chi connectivity index (χ4v) is 4.82. The van der Waals surface area contributed by atoms with Crippen LogP contribution in [0.5, 0.6) is 0 Å². The third-order valence-corrected chi connectivity index (χ3v) is 6.88. The summed E-state index contributed by atoms with van der Waals surface area (Å²) in [4.78, 5) is 14.9. The Morgan fingerprint density at radius 2 is 1.88 bits per heavy atom. The molecule has 0 saturated carbocycles. The Labute approximate surface area is 194 Å². The van der Waals surface area contributed by atoms with Crippen LogP contribution >= 0.6 is 0 Å². The molecular formula is C26H32N6O. The van der Waals surface area contributed by atoms with Crippen molar-refractivity contribution in [1.82, 2.24) is 25.1 Å². The maximum atomic E-state index is 12.7. The van der Waals surface area contributed by atoms with E-state index in [4.69, 9.17) is 5.10 Å². The first-order chi connectivity index (χ1) is 16.2. The number of carbonyl (C=O) groups excluding carboxylic acids is 1. The Hall–Kier alpha value is -3.22. The number of carbonyl (C=O) groups is 1. The molecule has 1 aliphatic heterocycles. The number of piperidine rings is 1. The quantitative estimate of drug-likeness (QED) is 0.573. The number of amides is 1. The molecular weight excluding hydrogens is 412 g/mol. The normalized spacial score (nSPS) is 17.2. The highest BCUT2D eigenvalue weighted by Gasteiger charge is 2.26. The van der Waals surface area contributed by atoms with Crippen LogP contribution in [0.3, 0.4) is 0 Å². The minimum absolute atomic E-state index is 0.0864. The van der Waals surface area contributed by atoms with E-state index in [0.717, 1.165) is 61.7 Å². The number of aryl methyl sites for hydroxylation is 1. The van der Waals surface area contributed by atoms with E-state index in [-0.39, 0.29) is 11.8 Å². The number of nitrogens with one attached hydrogen (secondary N) is 1. The third-order valence-electron chi connectivity index (χ3n) is 6.88. The van der Waals surface area contributed by atoms with Gasteiger partial charge in [-0.05, 0) is 64.0 Å². The minimum Gasteiger partial charge on any atom is -0.356 e. The molecule has 1 N–H and O–H groups in total. The van der Waals surface area contributed by atoms with Gasteiger partial charge in [0.2, 0.25) is 5.91 Å². The summed E-state index contributed by atoms with van der Waals surface area (Å²) >= 11 is 0. The summed E-state index contributed by atoms with van der Waals surface area (Å²) in [5, 5.41) is 16.6. The van der Waals surface area contributed by atoms with Gasteiger partial charge in [-0.25, -0.2) is 0 Å². The average Bonchev–Trinajstić information content (AvgIpc) is 3.28. The van der Waals surface area contributed by atoms with Gasteiger partial charge in [-0.15, -0.1) is 15.3 Å². The van der Waals surface area contributed by atoms with Crippen molar-refractivity contribution in [1.29, 1.82) is 0 Å². The summed E-state index contributed by atoms with van der Waals surface area (Å²) in [6, 6.07) is 12.2. The number of hydrogen-bond donors (Lipinski definition) is 1. The van der Waals surface area contributed by atoms with E-state index < -0.39 is 0 Å². The Morgan fingerprint density at radius 1 is 1.06 bits per heavy atom. The highest BCUT2D eigenvalue weighted by Crippen LogP contribution is 2.24. The van der Waals surface area contributed by atoms with Crippen LogP contribution in [-0.2, 0) is 4.79 Å². The number of allylic oxidation sites excluding steroid dienone is 1. The Bertz CT molecular complexity index is 1140. The zero-order valence-corrected chi connectivity index (χ0v) is 19.3. The topological polar surface area (TPSA) is 75.4 Å². The largest absolute Gasteiger partial charge is 0.356 e. The van der Waals surface area contributed by atoms with Crippen LogP contribution in [0.1, 0.15) is 50.5 Å². The molecule has 7 heteroatoms. The van der Waals surface area contributed by atoms with Crippen LogP contribution in [0.2, 0.25) is 0 Å². The van der Waals surface area contributed by atoms with Gasteiger partial charge in [0.15, 0.2) is 11.5 Å². The van der Waals surface area contributed by atoms with E-state index >= 15 is 0 Å². The molecule has 1 fully saturated rings. The van der Waals surface area contributed by atoms with Crippen LogP contribution in [0.15, 0.2) is 48.0 Å². The van der Waals surface area contributed by atoms with Gasteiger partial charge in [0, 0.05) is 31.1 Å². The second kappa shape index (κ2) is 9.73. The molecule has 5 rings (SSSR count). The number of aromatic nitrogens is 4. The average molecular weight is 445 g/mol. The van der Waals surface area contributed by atoms with E-state index in [1.54, 1.807) is 0 Å². The summed E-state index contributed by atoms with van der Waals surface area (Å²) in [5.74, 6) is 1.94. The highest BCUT2D eigenvalue weighted by atomic mass is 16.1. The van der Waals surface area contributed by atoms with Crippen molar-refractivity contribution in [3.05, 3.63) is 53.6 Å². The van der Waals surface area contributed by atoms with Crippen molar-refractivity contribution >= 4 is 17.4 Å². The number of anilines is 1. The van der Waals surface area contributed by atoms with Crippen LogP contribution < -0.4 is 10.2 Å². The maximum absolute atomic E-state index is 12.7. The molecule has 1 amide bonds. The van der Waals surface area contributed by atoms with E-state index in [1.807, 2.05) is 16.6 Å². The summed E-state index contributed by atoms with van der Waals surface area (Å²) in [6.07, 6.45) is 10.0. The zero-order valence-electron chi connectivity index (χ0n) is 19.3. The molecule has 2 aromatic heterocycles. The second-order valence-electron chi connectivity index (χ2n) is 9.26. The standard InChI is InChI=1S/C26H32N6O/c1-19-7-9-21(10-8-19)25-29-28-23-11-12-24(30-32(23)25)31-17-14-22(15-18-31)26(33)27-16-13-20-5-3-2-4-6-20/h5,7-12,22H,2-4,6,13-18H2,1H3,(H,27,33). The molecule has 7 nitrogen and oxygen atoms in total. The first-order valence-corrected chi connectivity index (χ1v) is 12.2. The van der Waals surface area contributed by atoms with E-state index in [2.05, 4.69) is 57.7 Å². The second-order valence-corrected chi connectivity index (χ2v) is 9.26. The Balaban J connectivity index is 1.19. The molecule has 33 heavy (non-hydrogen) atoms. The third kappa shape index (κ3) is 4.92. The lowest BCUT2D eigenvalue weighted by Gasteiger charge is -2.32. The van der Waals surface area contributed by atoms with Crippen molar-refractivity contribution in [2.45, 2.75) is 51.9 Å². The number of hydrogen-bond acceptors (Lipinski definition) is 5. The van der Waals surface area contributed by atoms with E-state index in [0.29, 0.717) is 0 Å². The predicted molar refractivity (Wildman–Crippen MR) is 130 cm³/mol. The van der Waals surface area contributed by atoms with Crippen LogP contribution in [0.25, 0.3) is 17.0 Å². The van der Waals surface area contributed by atoms with Crippen LogP contribution in [0, 0.1) is 12.8 Å². The summed E-state index contributed by atoms with van der Waals surface area (Å²) in [5.41, 5.74) is 4.45. The van der Waals surface area contributed by atoms with Crippen molar-refractivity contribution in [3.63, 3.8) is 0 Å². The summed E-state index contributed by atoms with van der Waals surface area (Å²) in [6.45, 7) is 4.48. The smallest absolute Gasteiger partial charge is 0.223 e. The maximum Gasteiger partial charge on any atom is 0.223 e. The molecule has 0 atom stereocenters. The summed E-state index contributed by atoms with van der Waals surface area (Å²) < 4.78 is 1.82. The molecule has 0 bridgehead atoms. The molecule has 0 unspecified atom stereocenters. The van der Waals surface area contributed by atoms with Crippen LogP contribution in [-0.4, -0.2) is 45.4 Å². The van der Waals surface area contributed by atoms with Gasteiger partial charge in [0.05, 0.1) is 0 Å². The van der Waals surface area contributed by atoms with Gasteiger partial charge >= 0.3 is 0 Å². The number of fused-ring (bicyclic) bond motifs is 1. The van der Waals surface area contributed by atoms with E-state index in [1.165, 1.54) is 36.8 Å². The van der Waals surface area contributed by atoms with Gasteiger partial charge in [-0.1, -0.05) is 41.5 Å². The first kappa shape index (κ1) is 21.6. The SMILES string of the molecule is Cc1ccc(-c2nnc3ccc(N4CCC(C(=O)NCCC5=CCCCC5)CC4)nn23)cc1. The molecule has 0 spiro atoms. The van der Waals surface area contributed by atoms with Crippen molar-refractivity contribution in [2.24, 2.45) is 5.92 Å². The van der Waals surface area contributed by atoms with Crippen molar-refractivity contribution in [2.75, 3.05) is 24.5 Å². The van der Waals surface area contributed by atoms with Crippen molar-refractivity contribution < 1.29 is 4.79 Å². The minimum atomic E-state index is 0.0864. The molecule has 1 aliphatic carbocycles. The van der Waals surface area contributed by atoms with Gasteiger partial charge in [0.25, 0.3) is 0 Å². The fraction of sp³-hybridized carbons (Fsp3) is 0.462. The van der Waals surface area contributed by atoms with Gasteiger partial charge < -0.3 is 10.2 Å². The number of benzene rings is 1. The Kier molecular flexibility index (Phi) is 6.37. The molecule has 3 heterocycles. The highest BCUT2D eigenvalue weighted by molar-refractivity contribution is 5.79. The number of rotatable bonds is 6. The van der Waals surface area contributed by atoms with Gasteiger partial charge in [-0.2, -0.15) is 4.52 Å². The molecule has 172 valence electrons. The fourth-order valence-electron chi connectivity index (χ4n) is 4.82. The van der Waals surface area contributed by atoms with Gasteiger partial charge in [0.1, 0.15) is 5.82 Å². The molecule has 0 radical (unpaired) electrons. The summed E-state index contributed by atoms with van der Waals surface area (Å²) in [7, 11) is 0. The molecule has 2 aliphatic rings. The lowest BCUT2D eigenvalue weighted by atomic mass is 9.95. The molecule has 1 aromatic carbocycles. The van der Waals surface area contributed by atoms with Crippen molar-refractivity contribution in [3.8, 4) is 11.4 Å². The molecule has 1 saturated heterocycles. The lowest BCUT2D eigenvalue weighted by Crippen LogP contribution is -2.41. The first-order valence-electron chi connectivity index (χ1n) is 12.2. The predicted octanol–water partition coefficient (Wildman–Crippen LogP) is 4.32. The van der Waals surface area contributed by atoms with Gasteiger partial charge in [-0.3, -0.25) is 4.79 Å². The Morgan fingerprint density at radius 3 is 2.64 bits per heavy atom. The number of nitrogens with zero attached hydrogens (tertiary/aromatic N) is 5. The lowest BCUT2D eigenvalue weighted by molar-refractivity contribution is -0.125.